The second-order valence-electron chi connectivity index (χ2n) is 6.35. The van der Waals surface area contributed by atoms with Crippen LogP contribution < -0.4 is 0 Å². The van der Waals surface area contributed by atoms with Gasteiger partial charge in [-0.05, 0) is 37.0 Å². The van der Waals surface area contributed by atoms with Gasteiger partial charge in [-0.3, -0.25) is 9.59 Å². The number of benzene rings is 2. The van der Waals surface area contributed by atoms with E-state index in [4.69, 9.17) is 9.30 Å². The molecule has 0 amide bonds. The van der Waals surface area contributed by atoms with Gasteiger partial charge in [-0.25, -0.2) is 0 Å². The van der Waals surface area contributed by atoms with Gasteiger partial charge in [0, 0.05) is 5.56 Å². The van der Waals surface area contributed by atoms with E-state index in [1.807, 2.05) is 62.4 Å². The van der Waals surface area contributed by atoms with E-state index in [0.717, 1.165) is 30.4 Å². The molecule has 0 aromatic heterocycles. The van der Waals surface area contributed by atoms with Crippen LogP contribution >= 0.6 is 9.12 Å². The Morgan fingerprint density at radius 1 is 0.926 bits per heavy atom. The highest BCUT2D eigenvalue weighted by Gasteiger charge is 2.32. The second kappa shape index (κ2) is 12.1. The van der Waals surface area contributed by atoms with E-state index < -0.39 is 11.9 Å². The van der Waals surface area contributed by atoms with Crippen molar-refractivity contribution in [3.8, 4) is 0 Å². The number of esters is 1. The van der Waals surface area contributed by atoms with Crippen LogP contribution in [0.4, 0.5) is 0 Å². The molecule has 0 heterocycles. The molecule has 2 rings (SSSR count). The average Bonchev–Trinajstić information content (AvgIpc) is 2.68. The molecule has 0 saturated heterocycles. The molecule has 2 atom stereocenters. The number of hydrogen-bond donors (Lipinski definition) is 0. The number of ether oxygens (including phenoxy) is 1. The maximum Gasteiger partial charge on any atom is 0.321 e. The fourth-order valence-corrected chi connectivity index (χ4v) is 3.00. The molecule has 2 aromatic rings. The summed E-state index contributed by atoms with van der Waals surface area (Å²) in [4.78, 5) is 25.9. The van der Waals surface area contributed by atoms with E-state index in [-0.39, 0.29) is 5.78 Å². The molecule has 0 spiro atoms. The molecule has 0 radical (unpaired) electrons. The Hall–Kier alpha value is -2.32. The average molecular weight is 387 g/mol. The van der Waals surface area contributed by atoms with Crippen LogP contribution in [0.5, 0.6) is 0 Å². The number of carbonyl (C=O) groups is 2. The van der Waals surface area contributed by atoms with Crippen molar-refractivity contribution >= 4 is 20.9 Å². The molecule has 0 bridgehead atoms. The van der Waals surface area contributed by atoms with Crippen molar-refractivity contribution in [2.24, 2.45) is 0 Å². The Balaban J connectivity index is 0.00000176. The summed E-state index contributed by atoms with van der Waals surface area (Å²) in [5, 5.41) is 0. The van der Waals surface area contributed by atoms with Gasteiger partial charge in [0.2, 0.25) is 0 Å². The minimum atomic E-state index is -0.914. The zero-order chi connectivity index (χ0) is 20.2. The monoisotopic (exact) mass is 387 g/mol. The zero-order valence-corrected chi connectivity index (χ0v) is 17.4. The van der Waals surface area contributed by atoms with Gasteiger partial charge in [0.15, 0.2) is 5.78 Å². The van der Waals surface area contributed by atoms with Gasteiger partial charge in [-0.15, -0.1) is 0 Å². The number of ketones is 1. The molecule has 5 heteroatoms. The standard InChI is InChI=1S/C22H26O3.H2OP/c1-4-5-9-15-25-22(24)20(18-13-7-6-8-14-18)21(23)19-16(2)11-10-12-17(19)3;1-2/h6-8,10-14,20H,4-5,9,15H2,1-3H3;2H2/q;+1. The first-order chi connectivity index (χ1) is 13.1. The topological polar surface area (TPSA) is 60.4 Å². The first kappa shape index (κ1) is 22.7. The van der Waals surface area contributed by atoms with Crippen LogP contribution in [0.1, 0.15) is 59.2 Å². The normalized spacial score (nSPS) is 11.1. The number of hydrogen-bond acceptors (Lipinski definition) is 4. The Kier molecular flexibility index (Phi) is 10.2. The molecule has 2 unspecified atom stereocenters. The van der Waals surface area contributed by atoms with Crippen molar-refractivity contribution in [2.45, 2.75) is 46.0 Å². The number of Topliss-reactive ketones (excluding diaryl/α,β-unsaturated/α-hetero) is 1. The zero-order valence-electron chi connectivity index (χ0n) is 16.2. The SMILES string of the molecule is CCCCCOC(=O)C(C(=O)c1c(C)cccc1C)c1ccccc1.O=[PH2+]. The Labute approximate surface area is 163 Å². The Bertz CT molecular complexity index is 723. The maximum atomic E-state index is 13.2. The maximum absolute atomic E-state index is 13.2. The van der Waals surface area contributed by atoms with E-state index in [0.29, 0.717) is 17.7 Å². The predicted molar refractivity (Wildman–Crippen MR) is 110 cm³/mol. The number of carbonyl (C=O) groups excluding carboxylic acids is 2. The van der Waals surface area contributed by atoms with Gasteiger partial charge in [0.1, 0.15) is 5.92 Å². The lowest BCUT2D eigenvalue weighted by atomic mass is 9.87. The highest BCUT2D eigenvalue weighted by Crippen LogP contribution is 2.26. The van der Waals surface area contributed by atoms with Crippen molar-refractivity contribution in [1.82, 2.24) is 0 Å². The third-order valence-corrected chi connectivity index (χ3v) is 4.35. The molecule has 2 aromatic carbocycles. The molecule has 0 saturated carbocycles. The predicted octanol–water partition coefficient (Wildman–Crippen LogP) is 5.21. The fraction of sp³-hybridized carbons (Fsp3) is 0.364. The quantitative estimate of drug-likeness (QED) is 0.205. The highest BCUT2D eigenvalue weighted by molar-refractivity contribution is 7.00. The van der Waals surface area contributed by atoms with E-state index in [1.165, 1.54) is 9.12 Å². The lowest BCUT2D eigenvalue weighted by Crippen LogP contribution is -2.26. The van der Waals surface area contributed by atoms with Crippen LogP contribution in [0.3, 0.4) is 0 Å². The van der Waals surface area contributed by atoms with Crippen LogP contribution in [0.25, 0.3) is 0 Å². The largest absolute Gasteiger partial charge is 0.465 e. The minimum Gasteiger partial charge on any atom is -0.465 e. The molecule has 4 nitrogen and oxygen atoms in total. The molecule has 144 valence electrons. The van der Waals surface area contributed by atoms with Gasteiger partial charge < -0.3 is 4.74 Å². The summed E-state index contributed by atoms with van der Waals surface area (Å²) in [5.74, 6) is -1.57. The van der Waals surface area contributed by atoms with Gasteiger partial charge >= 0.3 is 15.1 Å². The van der Waals surface area contributed by atoms with Crippen molar-refractivity contribution in [3.05, 3.63) is 70.8 Å². The van der Waals surface area contributed by atoms with Crippen LogP contribution in [0, 0.1) is 13.8 Å². The number of aryl methyl sites for hydroxylation is 2. The minimum absolute atomic E-state index is 0.192. The van der Waals surface area contributed by atoms with Crippen LogP contribution in [0.2, 0.25) is 0 Å². The first-order valence-electron chi connectivity index (χ1n) is 9.11. The summed E-state index contributed by atoms with van der Waals surface area (Å²) in [7, 11) is 1.17. The molecule has 27 heavy (non-hydrogen) atoms. The molecule has 0 aliphatic carbocycles. The van der Waals surface area contributed by atoms with Crippen molar-refractivity contribution in [1.29, 1.82) is 0 Å². The van der Waals surface area contributed by atoms with Crippen molar-refractivity contribution < 1.29 is 18.9 Å². The molecule has 0 aliphatic rings. The van der Waals surface area contributed by atoms with E-state index in [1.54, 1.807) is 0 Å². The van der Waals surface area contributed by atoms with Crippen LogP contribution in [-0.4, -0.2) is 18.4 Å². The number of unbranched alkanes of at least 4 members (excludes halogenated alkanes) is 2. The third kappa shape index (κ3) is 6.41. The first-order valence-corrected chi connectivity index (χ1v) is 9.59. The van der Waals surface area contributed by atoms with Crippen LogP contribution in [0.15, 0.2) is 48.5 Å². The second-order valence-corrected chi connectivity index (χ2v) is 6.35. The molecule has 0 fully saturated rings. The Morgan fingerprint density at radius 2 is 1.52 bits per heavy atom. The molecule has 0 N–H and O–H groups in total. The van der Waals surface area contributed by atoms with Gasteiger partial charge in [0.25, 0.3) is 0 Å². The summed E-state index contributed by atoms with van der Waals surface area (Å²) in [6, 6.07) is 14.9. The fourth-order valence-electron chi connectivity index (χ4n) is 3.00. The van der Waals surface area contributed by atoms with Gasteiger partial charge in [-0.2, -0.15) is 0 Å². The smallest absolute Gasteiger partial charge is 0.321 e. The van der Waals surface area contributed by atoms with Crippen LogP contribution in [-0.2, 0) is 14.1 Å². The van der Waals surface area contributed by atoms with Gasteiger partial charge in [-0.1, -0.05) is 72.9 Å². The summed E-state index contributed by atoms with van der Waals surface area (Å²) >= 11 is 0. The molecule has 0 aliphatic heterocycles. The highest BCUT2D eigenvalue weighted by atomic mass is 31.0. The Morgan fingerprint density at radius 3 is 2.07 bits per heavy atom. The van der Waals surface area contributed by atoms with Gasteiger partial charge in [0.05, 0.1) is 6.61 Å². The summed E-state index contributed by atoms with van der Waals surface area (Å²) in [5.41, 5.74) is 3.05. The molecular weight excluding hydrogens is 359 g/mol. The van der Waals surface area contributed by atoms with Crippen molar-refractivity contribution in [3.63, 3.8) is 0 Å². The van der Waals surface area contributed by atoms with E-state index >= 15 is 0 Å². The lowest BCUT2D eigenvalue weighted by Gasteiger charge is -2.18. The lowest BCUT2D eigenvalue weighted by molar-refractivity contribution is -0.144. The number of rotatable bonds is 8. The summed E-state index contributed by atoms with van der Waals surface area (Å²) < 4.78 is 13.6. The summed E-state index contributed by atoms with van der Waals surface area (Å²) in [6.45, 7) is 6.25. The summed E-state index contributed by atoms with van der Waals surface area (Å²) in [6.07, 6.45) is 2.89. The third-order valence-electron chi connectivity index (χ3n) is 4.35. The van der Waals surface area contributed by atoms with E-state index in [9.17, 15) is 9.59 Å². The van der Waals surface area contributed by atoms with Crippen molar-refractivity contribution in [2.75, 3.05) is 6.61 Å². The van der Waals surface area contributed by atoms with E-state index in [2.05, 4.69) is 6.92 Å². The molecular formula is C22H28O4P+.